The van der Waals surface area contributed by atoms with Crippen molar-refractivity contribution >= 4 is 32.6 Å². The van der Waals surface area contributed by atoms with E-state index in [0.29, 0.717) is 6.04 Å². The van der Waals surface area contributed by atoms with Crippen LogP contribution in [0.5, 0.6) is 0 Å². The molecular weight excluding hydrogens is 258 g/mol. The maximum Gasteiger partial charge on any atom is 0.248 e. The molecule has 0 radical (unpaired) electrons. The summed E-state index contributed by atoms with van der Waals surface area (Å²) in [5.41, 5.74) is 4.32. The third kappa shape index (κ3) is 1.76. The lowest BCUT2D eigenvalue weighted by molar-refractivity contribution is -0.121. The van der Waals surface area contributed by atoms with E-state index in [-0.39, 0.29) is 11.8 Å². The molecule has 1 aliphatic carbocycles. The minimum absolute atomic E-state index is 0.153. The van der Waals surface area contributed by atoms with Gasteiger partial charge in [-0.2, -0.15) is 0 Å². The topological polar surface area (TPSA) is 45.2 Å². The van der Waals surface area contributed by atoms with Gasteiger partial charge in [0.2, 0.25) is 11.0 Å². The molecule has 0 bridgehead atoms. The van der Waals surface area contributed by atoms with Crippen molar-refractivity contribution in [3.8, 4) is 0 Å². The lowest BCUT2D eigenvalue weighted by Crippen LogP contribution is -2.37. The quantitative estimate of drug-likeness (QED) is 0.869. The molecule has 1 aromatic carbocycles. The second kappa shape index (κ2) is 4.28. The number of hydrogen-bond acceptors (Lipinski definition) is 4. The lowest BCUT2D eigenvalue weighted by Gasteiger charge is -2.21. The molecule has 2 atom stereocenters. The zero-order valence-electron chi connectivity index (χ0n) is 10.5. The number of fused-ring (bicyclic) bond motifs is 2. The Morgan fingerprint density at radius 2 is 2.11 bits per heavy atom. The number of carbonyl (C=O) groups is 1. The van der Waals surface area contributed by atoms with E-state index in [4.69, 9.17) is 0 Å². The molecule has 2 aromatic rings. The number of aromatic nitrogens is 1. The van der Waals surface area contributed by atoms with Gasteiger partial charge in [0.25, 0.3) is 0 Å². The fourth-order valence-corrected chi connectivity index (χ4v) is 4.02. The standard InChI is InChI=1S/C14H15N3OS/c18-13-9-5-1-2-6-10(9)16-17(13)14-15-11-7-3-4-8-12(11)19-14/h3-4,7-10,16H,1-2,5-6H2. The number of hydrazine groups is 1. The van der Waals surface area contributed by atoms with Crippen LogP contribution in [0.15, 0.2) is 24.3 Å². The van der Waals surface area contributed by atoms with Gasteiger partial charge in [-0.05, 0) is 25.0 Å². The van der Waals surface area contributed by atoms with Crippen molar-refractivity contribution in [1.29, 1.82) is 0 Å². The van der Waals surface area contributed by atoms with E-state index in [1.165, 1.54) is 12.8 Å². The van der Waals surface area contributed by atoms with Gasteiger partial charge in [0, 0.05) is 6.04 Å². The van der Waals surface area contributed by atoms with Gasteiger partial charge in [0.15, 0.2) is 0 Å². The molecule has 2 unspecified atom stereocenters. The van der Waals surface area contributed by atoms with Crippen molar-refractivity contribution in [2.75, 3.05) is 5.01 Å². The summed E-state index contributed by atoms with van der Waals surface area (Å²) in [4.78, 5) is 17.0. The molecule has 2 heterocycles. The van der Waals surface area contributed by atoms with Gasteiger partial charge in [-0.1, -0.05) is 36.3 Å². The van der Waals surface area contributed by atoms with E-state index in [2.05, 4.69) is 10.4 Å². The van der Waals surface area contributed by atoms with E-state index in [9.17, 15) is 4.79 Å². The monoisotopic (exact) mass is 273 g/mol. The lowest BCUT2D eigenvalue weighted by atomic mass is 9.86. The van der Waals surface area contributed by atoms with Crippen molar-refractivity contribution in [1.82, 2.24) is 10.4 Å². The van der Waals surface area contributed by atoms with Crippen LogP contribution in [0.3, 0.4) is 0 Å². The van der Waals surface area contributed by atoms with Crippen molar-refractivity contribution in [3.63, 3.8) is 0 Å². The van der Waals surface area contributed by atoms with Gasteiger partial charge in [0.05, 0.1) is 16.1 Å². The first-order valence-electron chi connectivity index (χ1n) is 6.78. The zero-order chi connectivity index (χ0) is 12.8. The number of nitrogens with zero attached hydrogens (tertiary/aromatic N) is 2. The first-order chi connectivity index (χ1) is 9.33. The maximum atomic E-state index is 12.4. The predicted molar refractivity (Wildman–Crippen MR) is 76.0 cm³/mol. The number of carbonyl (C=O) groups excluding carboxylic acids is 1. The molecule has 4 rings (SSSR count). The third-order valence-electron chi connectivity index (χ3n) is 4.07. The molecule has 98 valence electrons. The number of anilines is 1. The Bertz CT molecular complexity index is 605. The fourth-order valence-electron chi connectivity index (χ4n) is 3.08. The van der Waals surface area contributed by atoms with Crippen molar-refractivity contribution in [2.24, 2.45) is 5.92 Å². The van der Waals surface area contributed by atoms with E-state index in [1.54, 1.807) is 16.3 Å². The van der Waals surface area contributed by atoms with E-state index < -0.39 is 0 Å². The highest BCUT2D eigenvalue weighted by Gasteiger charge is 2.42. The van der Waals surface area contributed by atoms with Gasteiger partial charge in [-0.25, -0.2) is 15.4 Å². The van der Waals surface area contributed by atoms with Gasteiger partial charge in [0.1, 0.15) is 0 Å². The molecule has 1 N–H and O–H groups in total. The van der Waals surface area contributed by atoms with Crippen molar-refractivity contribution in [3.05, 3.63) is 24.3 Å². The van der Waals surface area contributed by atoms with Crippen LogP contribution >= 0.6 is 11.3 Å². The Morgan fingerprint density at radius 3 is 2.95 bits per heavy atom. The highest BCUT2D eigenvalue weighted by atomic mass is 32.1. The average molecular weight is 273 g/mol. The van der Waals surface area contributed by atoms with E-state index >= 15 is 0 Å². The van der Waals surface area contributed by atoms with Crippen LogP contribution in [0.25, 0.3) is 10.2 Å². The summed E-state index contributed by atoms with van der Waals surface area (Å²) >= 11 is 1.58. The van der Waals surface area contributed by atoms with Crippen LogP contribution in [0.1, 0.15) is 25.7 Å². The first-order valence-corrected chi connectivity index (χ1v) is 7.60. The average Bonchev–Trinajstić information content (AvgIpc) is 3.00. The summed E-state index contributed by atoms with van der Waals surface area (Å²) in [6.07, 6.45) is 4.49. The summed E-state index contributed by atoms with van der Waals surface area (Å²) < 4.78 is 1.13. The second-order valence-corrected chi connectivity index (χ2v) is 6.27. The largest absolute Gasteiger partial charge is 0.273 e. The Morgan fingerprint density at radius 1 is 1.26 bits per heavy atom. The first kappa shape index (κ1) is 11.4. The van der Waals surface area contributed by atoms with Gasteiger partial charge >= 0.3 is 0 Å². The van der Waals surface area contributed by atoms with Crippen LogP contribution in [-0.2, 0) is 4.79 Å². The molecule has 1 amide bonds. The number of nitrogens with one attached hydrogen (secondary N) is 1. The van der Waals surface area contributed by atoms with E-state index in [1.807, 2.05) is 24.3 Å². The van der Waals surface area contributed by atoms with Crippen LogP contribution < -0.4 is 10.4 Å². The molecule has 0 spiro atoms. The molecular formula is C14H15N3OS. The van der Waals surface area contributed by atoms with Crippen molar-refractivity contribution < 1.29 is 4.79 Å². The van der Waals surface area contributed by atoms with Crippen LogP contribution in [0.2, 0.25) is 0 Å². The molecule has 2 aliphatic rings. The van der Waals surface area contributed by atoms with Crippen LogP contribution in [-0.4, -0.2) is 16.9 Å². The summed E-state index contributed by atoms with van der Waals surface area (Å²) in [5.74, 6) is 0.351. The SMILES string of the molecule is O=C1C2CCCCC2NN1c1nc2ccccc2s1. The highest BCUT2D eigenvalue weighted by Crippen LogP contribution is 2.35. The number of amides is 1. The Hall–Kier alpha value is -1.46. The molecule has 1 aliphatic heterocycles. The third-order valence-corrected chi connectivity index (χ3v) is 5.09. The Kier molecular flexibility index (Phi) is 2.56. The fraction of sp³-hybridized carbons (Fsp3) is 0.429. The number of thiazole rings is 1. The molecule has 1 saturated carbocycles. The zero-order valence-corrected chi connectivity index (χ0v) is 11.3. The minimum Gasteiger partial charge on any atom is -0.273 e. The molecule has 19 heavy (non-hydrogen) atoms. The normalized spacial score (nSPS) is 26.9. The van der Waals surface area contributed by atoms with Gasteiger partial charge in [-0.3, -0.25) is 4.79 Å². The number of benzene rings is 1. The molecule has 5 heteroatoms. The summed E-state index contributed by atoms with van der Waals surface area (Å²) in [7, 11) is 0. The number of para-hydroxylation sites is 1. The summed E-state index contributed by atoms with van der Waals surface area (Å²) in [5, 5.41) is 2.46. The van der Waals surface area contributed by atoms with Gasteiger partial charge < -0.3 is 0 Å². The minimum atomic E-state index is 0.153. The number of hydrogen-bond donors (Lipinski definition) is 1. The maximum absolute atomic E-state index is 12.4. The molecule has 4 nitrogen and oxygen atoms in total. The van der Waals surface area contributed by atoms with E-state index in [0.717, 1.165) is 28.2 Å². The summed E-state index contributed by atoms with van der Waals surface area (Å²) in [6.45, 7) is 0. The predicted octanol–water partition coefficient (Wildman–Crippen LogP) is 2.71. The Balaban J connectivity index is 1.70. The van der Waals surface area contributed by atoms with Crippen LogP contribution in [0, 0.1) is 5.92 Å². The molecule has 1 saturated heterocycles. The van der Waals surface area contributed by atoms with Crippen molar-refractivity contribution in [2.45, 2.75) is 31.7 Å². The second-order valence-electron chi connectivity index (χ2n) is 5.26. The molecule has 1 aromatic heterocycles. The summed E-state index contributed by atoms with van der Waals surface area (Å²) in [6, 6.07) is 8.33. The number of rotatable bonds is 1. The smallest absolute Gasteiger partial charge is 0.248 e. The highest BCUT2D eigenvalue weighted by molar-refractivity contribution is 7.22. The Labute approximate surface area is 115 Å². The van der Waals surface area contributed by atoms with Crippen LogP contribution in [0.4, 0.5) is 5.13 Å². The molecule has 2 fully saturated rings. The van der Waals surface area contributed by atoms with Gasteiger partial charge in [-0.15, -0.1) is 0 Å².